The molecule has 1 saturated heterocycles. The van der Waals surface area contributed by atoms with Gasteiger partial charge in [-0.05, 0) is 40.2 Å². The molecule has 0 aromatic carbocycles. The van der Waals surface area contributed by atoms with Crippen LogP contribution in [-0.4, -0.2) is 37.6 Å². The van der Waals surface area contributed by atoms with Gasteiger partial charge in [-0.3, -0.25) is 4.79 Å². The SMILES string of the molecule is CCOC(=O)C(C)NC(=O)C1(C)CCCNC1. The number of hydrogen-bond donors (Lipinski definition) is 2. The number of carbonyl (C=O) groups is 2. The van der Waals surface area contributed by atoms with Gasteiger partial charge in [0.05, 0.1) is 12.0 Å². The predicted octanol–water partition coefficient (Wildman–Crippen LogP) is 0.444. The summed E-state index contributed by atoms with van der Waals surface area (Å²) in [5.41, 5.74) is -0.418. The fourth-order valence-electron chi connectivity index (χ4n) is 1.95. The Morgan fingerprint density at radius 3 is 2.76 bits per heavy atom. The first-order valence-corrected chi connectivity index (χ1v) is 6.18. The molecule has 1 aliphatic rings. The van der Waals surface area contributed by atoms with E-state index >= 15 is 0 Å². The third kappa shape index (κ3) is 3.70. The van der Waals surface area contributed by atoms with Crippen molar-refractivity contribution in [1.82, 2.24) is 10.6 Å². The number of carbonyl (C=O) groups excluding carboxylic acids is 2. The van der Waals surface area contributed by atoms with Crippen LogP contribution in [0.4, 0.5) is 0 Å². The van der Waals surface area contributed by atoms with Crippen LogP contribution in [0, 0.1) is 5.41 Å². The number of esters is 1. The summed E-state index contributed by atoms with van der Waals surface area (Å²) in [5.74, 6) is -0.460. The maximum atomic E-state index is 12.1. The molecule has 0 aromatic rings. The van der Waals surface area contributed by atoms with E-state index in [-0.39, 0.29) is 11.9 Å². The van der Waals surface area contributed by atoms with Crippen LogP contribution in [0.15, 0.2) is 0 Å². The molecule has 1 heterocycles. The Hall–Kier alpha value is -1.10. The summed E-state index contributed by atoms with van der Waals surface area (Å²) < 4.78 is 4.86. The van der Waals surface area contributed by atoms with Crippen molar-refractivity contribution in [2.75, 3.05) is 19.7 Å². The molecule has 5 nitrogen and oxygen atoms in total. The highest BCUT2D eigenvalue weighted by Crippen LogP contribution is 2.25. The number of rotatable bonds is 4. The molecule has 5 heteroatoms. The Balaban J connectivity index is 2.50. The Bertz CT molecular complexity index is 285. The van der Waals surface area contributed by atoms with Crippen LogP contribution in [0.3, 0.4) is 0 Å². The van der Waals surface area contributed by atoms with Crippen LogP contribution >= 0.6 is 0 Å². The van der Waals surface area contributed by atoms with Gasteiger partial charge in [0, 0.05) is 6.54 Å². The summed E-state index contributed by atoms with van der Waals surface area (Å²) in [5, 5.41) is 5.93. The van der Waals surface area contributed by atoms with Gasteiger partial charge in [0.2, 0.25) is 5.91 Å². The monoisotopic (exact) mass is 242 g/mol. The van der Waals surface area contributed by atoms with Crippen molar-refractivity contribution >= 4 is 11.9 Å². The van der Waals surface area contributed by atoms with E-state index in [0.717, 1.165) is 19.4 Å². The normalized spacial score (nSPS) is 26.1. The molecule has 1 amide bonds. The summed E-state index contributed by atoms with van der Waals surface area (Å²) in [4.78, 5) is 23.5. The van der Waals surface area contributed by atoms with Gasteiger partial charge in [-0.1, -0.05) is 0 Å². The molecular formula is C12H22N2O3. The third-order valence-electron chi connectivity index (χ3n) is 3.13. The van der Waals surface area contributed by atoms with E-state index in [1.807, 2.05) is 6.92 Å². The number of piperidine rings is 1. The molecule has 1 aliphatic heterocycles. The maximum Gasteiger partial charge on any atom is 0.328 e. The summed E-state index contributed by atoms with van der Waals surface area (Å²) in [6, 6.07) is -0.582. The second-order valence-corrected chi connectivity index (χ2v) is 4.79. The standard InChI is InChI=1S/C12H22N2O3/c1-4-17-10(15)9(2)14-11(16)12(3)6-5-7-13-8-12/h9,13H,4-8H2,1-3H3,(H,14,16). The molecule has 2 unspecified atom stereocenters. The molecule has 17 heavy (non-hydrogen) atoms. The first kappa shape index (κ1) is 14.0. The van der Waals surface area contributed by atoms with Gasteiger partial charge in [-0.2, -0.15) is 0 Å². The van der Waals surface area contributed by atoms with Crippen molar-refractivity contribution in [3.8, 4) is 0 Å². The molecule has 0 spiro atoms. The molecule has 0 bridgehead atoms. The average molecular weight is 242 g/mol. The molecule has 1 fully saturated rings. The van der Waals surface area contributed by atoms with Crippen LogP contribution in [0.2, 0.25) is 0 Å². The minimum absolute atomic E-state index is 0.0785. The molecule has 0 saturated carbocycles. The van der Waals surface area contributed by atoms with E-state index in [1.54, 1.807) is 13.8 Å². The molecule has 0 aliphatic carbocycles. The lowest BCUT2D eigenvalue weighted by Crippen LogP contribution is -2.52. The highest BCUT2D eigenvalue weighted by Gasteiger charge is 2.35. The van der Waals surface area contributed by atoms with E-state index in [9.17, 15) is 9.59 Å². The first-order chi connectivity index (χ1) is 7.99. The fraction of sp³-hybridized carbons (Fsp3) is 0.833. The number of ether oxygens (including phenoxy) is 1. The zero-order valence-electron chi connectivity index (χ0n) is 10.8. The number of amides is 1. The van der Waals surface area contributed by atoms with Crippen LogP contribution in [-0.2, 0) is 14.3 Å². The van der Waals surface area contributed by atoms with Gasteiger partial charge >= 0.3 is 5.97 Å². The van der Waals surface area contributed by atoms with Gasteiger partial charge in [0.15, 0.2) is 0 Å². The van der Waals surface area contributed by atoms with Gasteiger partial charge in [0.25, 0.3) is 0 Å². The van der Waals surface area contributed by atoms with Gasteiger partial charge < -0.3 is 15.4 Å². The quantitative estimate of drug-likeness (QED) is 0.702. The van der Waals surface area contributed by atoms with Crippen molar-refractivity contribution in [3.63, 3.8) is 0 Å². The van der Waals surface area contributed by atoms with Crippen molar-refractivity contribution in [2.45, 2.75) is 39.7 Å². The number of hydrogen-bond acceptors (Lipinski definition) is 4. The van der Waals surface area contributed by atoms with Gasteiger partial charge in [-0.15, -0.1) is 0 Å². The summed E-state index contributed by atoms with van der Waals surface area (Å²) >= 11 is 0. The maximum absolute atomic E-state index is 12.1. The molecular weight excluding hydrogens is 220 g/mol. The van der Waals surface area contributed by atoms with E-state index in [1.165, 1.54) is 0 Å². The topological polar surface area (TPSA) is 67.4 Å². The highest BCUT2D eigenvalue weighted by atomic mass is 16.5. The highest BCUT2D eigenvalue weighted by molar-refractivity contribution is 5.87. The minimum atomic E-state index is -0.582. The predicted molar refractivity (Wildman–Crippen MR) is 64.4 cm³/mol. The smallest absolute Gasteiger partial charge is 0.328 e. The lowest BCUT2D eigenvalue weighted by atomic mass is 9.82. The average Bonchev–Trinajstić information content (AvgIpc) is 2.30. The zero-order valence-corrected chi connectivity index (χ0v) is 10.8. The van der Waals surface area contributed by atoms with Crippen molar-refractivity contribution in [3.05, 3.63) is 0 Å². The van der Waals surface area contributed by atoms with E-state index in [0.29, 0.717) is 13.2 Å². The van der Waals surface area contributed by atoms with Crippen molar-refractivity contribution in [1.29, 1.82) is 0 Å². The summed E-state index contributed by atoms with van der Waals surface area (Å²) in [6.07, 6.45) is 1.83. The first-order valence-electron chi connectivity index (χ1n) is 6.18. The van der Waals surface area contributed by atoms with Crippen LogP contribution in [0.25, 0.3) is 0 Å². The van der Waals surface area contributed by atoms with E-state index in [2.05, 4.69) is 10.6 Å². The molecule has 0 aromatic heterocycles. The molecule has 1 rings (SSSR count). The Kier molecular flexibility index (Phi) is 4.93. The summed E-state index contributed by atoms with van der Waals surface area (Å²) in [6.45, 7) is 7.27. The van der Waals surface area contributed by atoms with Crippen LogP contribution in [0.5, 0.6) is 0 Å². The lowest BCUT2D eigenvalue weighted by Gasteiger charge is -2.33. The van der Waals surface area contributed by atoms with E-state index in [4.69, 9.17) is 4.74 Å². The summed E-state index contributed by atoms with van der Waals surface area (Å²) in [7, 11) is 0. The van der Waals surface area contributed by atoms with Crippen molar-refractivity contribution < 1.29 is 14.3 Å². The second kappa shape index (κ2) is 6.00. The Morgan fingerprint density at radius 2 is 2.24 bits per heavy atom. The minimum Gasteiger partial charge on any atom is -0.464 e. The fourth-order valence-corrected chi connectivity index (χ4v) is 1.95. The molecule has 2 atom stereocenters. The van der Waals surface area contributed by atoms with Crippen LogP contribution < -0.4 is 10.6 Å². The third-order valence-corrected chi connectivity index (χ3v) is 3.13. The van der Waals surface area contributed by atoms with E-state index < -0.39 is 11.5 Å². The number of nitrogens with one attached hydrogen (secondary N) is 2. The van der Waals surface area contributed by atoms with Crippen molar-refractivity contribution in [2.24, 2.45) is 5.41 Å². The Labute approximate surface area is 102 Å². The molecule has 98 valence electrons. The van der Waals surface area contributed by atoms with Gasteiger partial charge in [0.1, 0.15) is 6.04 Å². The largest absolute Gasteiger partial charge is 0.464 e. The molecule has 0 radical (unpaired) electrons. The zero-order chi connectivity index (χ0) is 12.9. The lowest BCUT2D eigenvalue weighted by molar-refractivity contribution is -0.148. The Morgan fingerprint density at radius 1 is 1.53 bits per heavy atom. The second-order valence-electron chi connectivity index (χ2n) is 4.79. The molecule has 2 N–H and O–H groups in total. The van der Waals surface area contributed by atoms with Gasteiger partial charge in [-0.25, -0.2) is 4.79 Å². The van der Waals surface area contributed by atoms with Crippen LogP contribution in [0.1, 0.15) is 33.6 Å².